The Hall–Kier alpha value is -1.79. The molecule has 0 bridgehead atoms. The summed E-state index contributed by atoms with van der Waals surface area (Å²) in [5.41, 5.74) is 7.74. The number of nitrogen functional groups attached to an aromatic ring is 1. The number of anilines is 1. The summed E-state index contributed by atoms with van der Waals surface area (Å²) in [5.74, 6) is 0. The molecule has 1 aromatic rings. The quantitative estimate of drug-likeness (QED) is 0.707. The van der Waals surface area contributed by atoms with E-state index in [0.29, 0.717) is 17.7 Å². The lowest BCUT2D eigenvalue weighted by Gasteiger charge is -1.99. The Labute approximate surface area is 83.1 Å². The number of hydrogen-bond donors (Lipinski definition) is 2. The smallest absolute Gasteiger partial charge is 0.0991 e. The number of hydrogen-bond acceptors (Lipinski definition) is 3. The average Bonchev–Trinajstić information content (AvgIpc) is 2.21. The first-order valence-corrected chi connectivity index (χ1v) is 4.35. The molecule has 0 saturated carbocycles. The van der Waals surface area contributed by atoms with Crippen molar-refractivity contribution in [3.63, 3.8) is 0 Å². The molecule has 0 unspecified atom stereocenters. The summed E-state index contributed by atoms with van der Waals surface area (Å²) in [4.78, 5) is 0. The molecule has 0 aliphatic carbocycles. The van der Waals surface area contributed by atoms with E-state index < -0.39 is 0 Å². The lowest BCUT2D eigenvalue weighted by atomic mass is 10.1. The van der Waals surface area contributed by atoms with Gasteiger partial charge in [-0.1, -0.05) is 12.2 Å². The number of benzene rings is 1. The highest BCUT2D eigenvalue weighted by atomic mass is 16.2. The van der Waals surface area contributed by atoms with Gasteiger partial charge >= 0.3 is 0 Å². The Morgan fingerprint density at radius 3 is 2.93 bits per heavy atom. The van der Waals surface area contributed by atoms with Crippen LogP contribution in [0.5, 0.6) is 0 Å². The molecule has 3 heteroatoms. The monoisotopic (exact) mass is 188 g/mol. The van der Waals surface area contributed by atoms with Crippen molar-refractivity contribution in [3.05, 3.63) is 35.4 Å². The van der Waals surface area contributed by atoms with Crippen molar-refractivity contribution in [1.82, 2.24) is 0 Å². The van der Waals surface area contributed by atoms with Crippen molar-refractivity contribution in [1.29, 1.82) is 5.26 Å². The van der Waals surface area contributed by atoms with Gasteiger partial charge in [0.2, 0.25) is 0 Å². The second-order valence-electron chi connectivity index (χ2n) is 2.87. The third kappa shape index (κ3) is 2.61. The van der Waals surface area contributed by atoms with Gasteiger partial charge in [-0.3, -0.25) is 0 Å². The van der Waals surface area contributed by atoms with Crippen molar-refractivity contribution in [2.24, 2.45) is 0 Å². The Kier molecular flexibility index (Phi) is 3.71. The van der Waals surface area contributed by atoms with Gasteiger partial charge in [0.05, 0.1) is 11.6 Å². The van der Waals surface area contributed by atoms with Gasteiger partial charge in [0.15, 0.2) is 0 Å². The van der Waals surface area contributed by atoms with Crippen LogP contribution < -0.4 is 5.73 Å². The largest absolute Gasteiger partial charge is 0.398 e. The number of aliphatic hydroxyl groups excluding tert-OH is 1. The first-order chi connectivity index (χ1) is 6.77. The van der Waals surface area contributed by atoms with E-state index in [4.69, 9.17) is 16.1 Å². The molecule has 0 atom stereocenters. The molecule has 0 saturated heterocycles. The molecular formula is C11H12N2O. The predicted octanol–water partition coefficient (Wildman–Crippen LogP) is 1.54. The molecule has 3 N–H and O–H groups in total. The minimum Gasteiger partial charge on any atom is -0.398 e. The van der Waals surface area contributed by atoms with E-state index in [9.17, 15) is 0 Å². The lowest BCUT2D eigenvalue weighted by molar-refractivity contribution is 0.303. The number of rotatable bonds is 3. The van der Waals surface area contributed by atoms with Gasteiger partial charge in [0.1, 0.15) is 0 Å². The van der Waals surface area contributed by atoms with Crippen LogP contribution in [0.15, 0.2) is 24.3 Å². The SMILES string of the molecule is N#Cc1ccc(N)c(C=CCCO)c1. The molecular weight excluding hydrogens is 176 g/mol. The first-order valence-electron chi connectivity index (χ1n) is 4.35. The standard InChI is InChI=1S/C11H12N2O/c12-8-9-4-5-11(13)10(7-9)3-1-2-6-14/h1,3-5,7,14H,2,6,13H2. The molecule has 1 rings (SSSR count). The number of nitrogens with zero attached hydrogens (tertiary/aromatic N) is 1. The lowest BCUT2D eigenvalue weighted by Crippen LogP contribution is -1.90. The highest BCUT2D eigenvalue weighted by molar-refractivity contribution is 5.66. The highest BCUT2D eigenvalue weighted by Crippen LogP contribution is 2.15. The fourth-order valence-corrected chi connectivity index (χ4v) is 1.07. The van der Waals surface area contributed by atoms with Crippen molar-refractivity contribution in [2.75, 3.05) is 12.3 Å². The topological polar surface area (TPSA) is 70.0 Å². The van der Waals surface area contributed by atoms with E-state index in [1.807, 2.05) is 18.2 Å². The number of aliphatic hydroxyl groups is 1. The zero-order valence-electron chi connectivity index (χ0n) is 7.77. The summed E-state index contributed by atoms with van der Waals surface area (Å²) in [6.07, 6.45) is 4.23. The Balaban J connectivity index is 2.90. The number of nitrogens with two attached hydrogens (primary N) is 1. The minimum absolute atomic E-state index is 0.119. The first kappa shape index (κ1) is 10.3. The van der Waals surface area contributed by atoms with Crippen LogP contribution >= 0.6 is 0 Å². The van der Waals surface area contributed by atoms with Gasteiger partial charge in [-0.25, -0.2) is 0 Å². The van der Waals surface area contributed by atoms with E-state index in [0.717, 1.165) is 5.56 Å². The van der Waals surface area contributed by atoms with Gasteiger partial charge < -0.3 is 10.8 Å². The van der Waals surface area contributed by atoms with Crippen LogP contribution in [0.1, 0.15) is 17.5 Å². The maximum Gasteiger partial charge on any atom is 0.0991 e. The van der Waals surface area contributed by atoms with Gasteiger partial charge in [0, 0.05) is 12.3 Å². The zero-order valence-corrected chi connectivity index (χ0v) is 7.77. The molecule has 3 nitrogen and oxygen atoms in total. The van der Waals surface area contributed by atoms with Gasteiger partial charge in [0.25, 0.3) is 0 Å². The predicted molar refractivity (Wildman–Crippen MR) is 56.3 cm³/mol. The summed E-state index contributed by atoms with van der Waals surface area (Å²) in [5, 5.41) is 17.2. The van der Waals surface area contributed by atoms with Crippen LogP contribution in [-0.2, 0) is 0 Å². The fourth-order valence-electron chi connectivity index (χ4n) is 1.07. The maximum atomic E-state index is 8.67. The Morgan fingerprint density at radius 1 is 1.50 bits per heavy atom. The van der Waals surface area contributed by atoms with E-state index in [-0.39, 0.29) is 6.61 Å². The Bertz CT molecular complexity index is 377. The summed E-state index contributed by atoms with van der Waals surface area (Å²) in [6, 6.07) is 7.16. The van der Waals surface area contributed by atoms with Crippen LogP contribution in [0.2, 0.25) is 0 Å². The summed E-state index contributed by atoms with van der Waals surface area (Å²) in [6.45, 7) is 0.119. The van der Waals surface area contributed by atoms with Crippen LogP contribution in [0.3, 0.4) is 0 Å². The fraction of sp³-hybridized carbons (Fsp3) is 0.182. The van der Waals surface area contributed by atoms with E-state index in [1.54, 1.807) is 18.2 Å². The molecule has 0 spiro atoms. The van der Waals surface area contributed by atoms with Crippen LogP contribution in [0, 0.1) is 11.3 Å². The number of nitriles is 1. The molecule has 0 aliphatic rings. The van der Waals surface area contributed by atoms with Crippen molar-refractivity contribution in [2.45, 2.75) is 6.42 Å². The molecule has 0 amide bonds. The van der Waals surface area contributed by atoms with Gasteiger partial charge in [-0.05, 0) is 30.2 Å². The van der Waals surface area contributed by atoms with Crippen molar-refractivity contribution >= 4 is 11.8 Å². The average molecular weight is 188 g/mol. The maximum absolute atomic E-state index is 8.67. The highest BCUT2D eigenvalue weighted by Gasteiger charge is 1.96. The third-order valence-corrected chi connectivity index (χ3v) is 1.81. The molecule has 0 aromatic heterocycles. The molecule has 72 valence electrons. The van der Waals surface area contributed by atoms with Gasteiger partial charge in [-0.2, -0.15) is 5.26 Å². The van der Waals surface area contributed by atoms with Crippen molar-refractivity contribution < 1.29 is 5.11 Å². The van der Waals surface area contributed by atoms with E-state index in [2.05, 4.69) is 0 Å². The molecule has 14 heavy (non-hydrogen) atoms. The van der Waals surface area contributed by atoms with Gasteiger partial charge in [-0.15, -0.1) is 0 Å². The second kappa shape index (κ2) is 5.05. The third-order valence-electron chi connectivity index (χ3n) is 1.81. The van der Waals surface area contributed by atoms with E-state index >= 15 is 0 Å². The molecule has 0 aliphatic heterocycles. The zero-order chi connectivity index (χ0) is 10.4. The van der Waals surface area contributed by atoms with Crippen molar-refractivity contribution in [3.8, 4) is 6.07 Å². The molecule has 0 radical (unpaired) electrons. The second-order valence-corrected chi connectivity index (χ2v) is 2.87. The Morgan fingerprint density at radius 2 is 2.29 bits per heavy atom. The van der Waals surface area contributed by atoms with Crippen LogP contribution in [-0.4, -0.2) is 11.7 Å². The molecule has 1 aromatic carbocycles. The van der Waals surface area contributed by atoms with Crippen LogP contribution in [0.25, 0.3) is 6.08 Å². The minimum atomic E-state index is 0.119. The normalized spacial score (nSPS) is 10.3. The van der Waals surface area contributed by atoms with Crippen LogP contribution in [0.4, 0.5) is 5.69 Å². The summed E-state index contributed by atoms with van der Waals surface area (Å²) in [7, 11) is 0. The molecule has 0 heterocycles. The summed E-state index contributed by atoms with van der Waals surface area (Å²) < 4.78 is 0. The van der Waals surface area contributed by atoms with E-state index in [1.165, 1.54) is 0 Å². The molecule has 0 fully saturated rings. The summed E-state index contributed by atoms with van der Waals surface area (Å²) >= 11 is 0.